The highest BCUT2D eigenvalue weighted by Crippen LogP contribution is 2.47. The fourth-order valence-corrected chi connectivity index (χ4v) is 6.54. The van der Waals surface area contributed by atoms with E-state index in [1.54, 1.807) is 0 Å². The normalized spacial score (nSPS) is 26.5. The van der Waals surface area contributed by atoms with Gasteiger partial charge in [-0.05, 0) is 67.9 Å². The first-order valence-electron chi connectivity index (χ1n) is 12.3. The van der Waals surface area contributed by atoms with E-state index in [2.05, 4.69) is 99.0 Å². The lowest BCUT2D eigenvalue weighted by Gasteiger charge is -2.40. The number of hydrogen-bond donors (Lipinski definition) is 1. The van der Waals surface area contributed by atoms with Crippen LogP contribution in [0.2, 0.25) is 36.3 Å². The minimum absolute atomic E-state index is 0.0825. The van der Waals surface area contributed by atoms with Crippen LogP contribution in [0.5, 0.6) is 0 Å². The molecule has 0 radical (unpaired) electrons. The zero-order valence-corrected chi connectivity index (χ0v) is 24.4. The Hall–Kier alpha value is -0.206. The highest BCUT2D eigenvalue weighted by atomic mass is 28.4. The Kier molecular flexibility index (Phi) is 10.5. The lowest BCUT2D eigenvalue weighted by Crippen LogP contribution is -2.45. The van der Waals surface area contributed by atoms with Gasteiger partial charge in [0.25, 0.3) is 0 Å². The van der Waals surface area contributed by atoms with Crippen LogP contribution in [0.15, 0.2) is 24.3 Å². The average Bonchev–Trinajstić information content (AvgIpc) is 2.90. The van der Waals surface area contributed by atoms with E-state index in [4.69, 9.17) is 8.85 Å². The number of aliphatic hydroxyl groups is 1. The number of rotatable bonds is 10. The molecule has 0 amide bonds. The van der Waals surface area contributed by atoms with Crippen molar-refractivity contribution in [2.45, 2.75) is 123 Å². The van der Waals surface area contributed by atoms with Crippen molar-refractivity contribution in [2.75, 3.05) is 6.61 Å². The molecule has 5 heteroatoms. The van der Waals surface area contributed by atoms with Gasteiger partial charge in [0.1, 0.15) is 0 Å². The van der Waals surface area contributed by atoms with Crippen molar-refractivity contribution in [2.24, 2.45) is 11.8 Å². The van der Waals surface area contributed by atoms with Crippen LogP contribution in [0, 0.1) is 11.8 Å². The number of aliphatic hydroxyl groups excluding tert-OH is 1. The van der Waals surface area contributed by atoms with Crippen molar-refractivity contribution < 1.29 is 14.0 Å². The quantitative estimate of drug-likeness (QED) is 0.264. The molecule has 1 unspecified atom stereocenters. The maximum absolute atomic E-state index is 10.4. The van der Waals surface area contributed by atoms with E-state index >= 15 is 0 Å². The van der Waals surface area contributed by atoms with Crippen molar-refractivity contribution in [1.29, 1.82) is 0 Å². The van der Waals surface area contributed by atoms with Gasteiger partial charge in [-0.2, -0.15) is 0 Å². The van der Waals surface area contributed by atoms with Crippen LogP contribution in [0.25, 0.3) is 0 Å². The van der Waals surface area contributed by atoms with Gasteiger partial charge < -0.3 is 14.0 Å². The molecule has 0 aromatic rings. The lowest BCUT2D eigenvalue weighted by atomic mass is 9.91. The maximum Gasteiger partial charge on any atom is 0.192 e. The monoisotopic (exact) mass is 468 g/mol. The molecule has 1 N–H and O–H groups in total. The van der Waals surface area contributed by atoms with Crippen molar-refractivity contribution in [3.05, 3.63) is 24.3 Å². The molecule has 1 fully saturated rings. The Bertz CT molecular complexity index is 597. The minimum Gasteiger partial charge on any atom is -0.414 e. The Morgan fingerprint density at radius 1 is 0.774 bits per heavy atom. The SMILES string of the molecule is CC/C=C\C/C=C\CC1[C@H](O[Si](C)(C)C(C)(C)C)C[C@H](O[Si](C)(C)C(C)(C)C)[C@H]1CO. The maximum atomic E-state index is 10.4. The van der Waals surface area contributed by atoms with Gasteiger partial charge in [-0.1, -0.05) is 72.8 Å². The van der Waals surface area contributed by atoms with E-state index in [0.29, 0.717) is 5.92 Å². The summed E-state index contributed by atoms with van der Waals surface area (Å²) in [6.07, 6.45) is 13.1. The van der Waals surface area contributed by atoms with E-state index in [1.807, 2.05) is 0 Å². The molecule has 182 valence electrons. The smallest absolute Gasteiger partial charge is 0.192 e. The van der Waals surface area contributed by atoms with Crippen LogP contribution in [-0.2, 0) is 8.85 Å². The standard InChI is InChI=1S/C26H52O3Si2/c1-12-13-14-15-16-17-18-21-22(20-27)24(29-31(10,11)26(5,6)7)19-23(21)28-30(8,9)25(2,3)4/h13-14,16-17,21-24,27H,12,15,18-20H2,1-11H3/b14-13-,17-16-/t21?,22-,23+,24-/m0/s1. The van der Waals surface area contributed by atoms with Gasteiger partial charge in [0.2, 0.25) is 0 Å². The third kappa shape index (κ3) is 7.95. The molecule has 1 rings (SSSR count). The van der Waals surface area contributed by atoms with E-state index in [-0.39, 0.29) is 34.8 Å². The fourth-order valence-electron chi connectivity index (χ4n) is 3.78. The first kappa shape index (κ1) is 28.8. The summed E-state index contributed by atoms with van der Waals surface area (Å²) < 4.78 is 13.8. The van der Waals surface area contributed by atoms with Gasteiger partial charge in [0, 0.05) is 12.5 Å². The minimum atomic E-state index is -1.92. The summed E-state index contributed by atoms with van der Waals surface area (Å²) in [7, 11) is -3.82. The average molecular weight is 469 g/mol. The van der Waals surface area contributed by atoms with Crippen molar-refractivity contribution in [3.63, 3.8) is 0 Å². The predicted octanol–water partition coefficient (Wildman–Crippen LogP) is 7.70. The molecular weight excluding hydrogens is 416 g/mol. The Morgan fingerprint density at radius 2 is 1.23 bits per heavy atom. The van der Waals surface area contributed by atoms with Crippen LogP contribution in [-0.4, -0.2) is 40.6 Å². The van der Waals surface area contributed by atoms with Gasteiger partial charge in [-0.3, -0.25) is 0 Å². The molecule has 0 aromatic carbocycles. The zero-order chi connectivity index (χ0) is 24.1. The topological polar surface area (TPSA) is 38.7 Å². The van der Waals surface area contributed by atoms with Crippen LogP contribution in [0.4, 0.5) is 0 Å². The van der Waals surface area contributed by atoms with Gasteiger partial charge in [-0.25, -0.2) is 0 Å². The summed E-state index contributed by atoms with van der Waals surface area (Å²) in [5, 5.41) is 10.7. The largest absolute Gasteiger partial charge is 0.414 e. The number of hydrogen-bond acceptors (Lipinski definition) is 3. The summed E-state index contributed by atoms with van der Waals surface area (Å²) in [5.41, 5.74) is 0. The predicted molar refractivity (Wildman–Crippen MR) is 141 cm³/mol. The fraction of sp³-hybridized carbons (Fsp3) is 0.846. The van der Waals surface area contributed by atoms with Crippen LogP contribution < -0.4 is 0 Å². The van der Waals surface area contributed by atoms with Gasteiger partial charge in [0.05, 0.1) is 12.2 Å². The Morgan fingerprint density at radius 3 is 1.65 bits per heavy atom. The molecule has 0 bridgehead atoms. The van der Waals surface area contributed by atoms with Gasteiger partial charge >= 0.3 is 0 Å². The van der Waals surface area contributed by atoms with E-state index < -0.39 is 16.6 Å². The summed E-state index contributed by atoms with van der Waals surface area (Å²) in [4.78, 5) is 0. The zero-order valence-electron chi connectivity index (χ0n) is 22.4. The molecule has 0 spiro atoms. The highest BCUT2D eigenvalue weighted by Gasteiger charge is 2.50. The highest BCUT2D eigenvalue weighted by molar-refractivity contribution is 6.74. The lowest BCUT2D eigenvalue weighted by molar-refractivity contribution is 0.0744. The summed E-state index contributed by atoms with van der Waals surface area (Å²) in [6, 6.07) is 0. The van der Waals surface area contributed by atoms with Crippen LogP contribution in [0.3, 0.4) is 0 Å². The van der Waals surface area contributed by atoms with Gasteiger partial charge in [0.15, 0.2) is 16.6 Å². The Labute approximate surface area is 196 Å². The second kappa shape index (κ2) is 11.3. The second-order valence-corrected chi connectivity index (χ2v) is 21.9. The molecule has 0 aromatic heterocycles. The van der Waals surface area contributed by atoms with Gasteiger partial charge in [-0.15, -0.1) is 0 Å². The van der Waals surface area contributed by atoms with E-state index in [0.717, 1.165) is 25.7 Å². The van der Waals surface area contributed by atoms with Crippen LogP contribution in [0.1, 0.15) is 74.1 Å². The molecular formula is C26H52O3Si2. The third-order valence-electron chi connectivity index (χ3n) is 7.93. The first-order valence-corrected chi connectivity index (χ1v) is 18.2. The molecule has 1 saturated carbocycles. The molecule has 1 aliphatic carbocycles. The van der Waals surface area contributed by atoms with E-state index in [9.17, 15) is 5.11 Å². The summed E-state index contributed by atoms with van der Waals surface area (Å²) in [5.74, 6) is 0.444. The van der Waals surface area contributed by atoms with Crippen molar-refractivity contribution in [1.82, 2.24) is 0 Å². The molecule has 3 nitrogen and oxygen atoms in total. The van der Waals surface area contributed by atoms with E-state index in [1.165, 1.54) is 0 Å². The molecule has 4 atom stereocenters. The molecule has 0 heterocycles. The Balaban J connectivity index is 3.10. The molecule has 0 saturated heterocycles. The molecule has 31 heavy (non-hydrogen) atoms. The third-order valence-corrected chi connectivity index (χ3v) is 16.9. The second-order valence-electron chi connectivity index (χ2n) is 12.4. The number of allylic oxidation sites excluding steroid dienone is 4. The van der Waals surface area contributed by atoms with Crippen molar-refractivity contribution in [3.8, 4) is 0 Å². The summed E-state index contributed by atoms with van der Waals surface area (Å²) >= 11 is 0. The summed E-state index contributed by atoms with van der Waals surface area (Å²) in [6.45, 7) is 25.4. The molecule has 1 aliphatic rings. The first-order chi connectivity index (χ1) is 14.1. The molecule has 0 aliphatic heterocycles. The van der Waals surface area contributed by atoms with Crippen LogP contribution >= 0.6 is 0 Å². The van der Waals surface area contributed by atoms with Crippen molar-refractivity contribution >= 4 is 16.6 Å².